The maximum absolute atomic E-state index is 12.3. The fraction of sp³-hybridized carbons (Fsp3) is 0.250. The molecule has 1 atom stereocenters. The first-order valence-electron chi connectivity index (χ1n) is 6.95. The number of ketones is 2. The number of hydrogen-bond acceptors (Lipinski definition) is 5. The standard InChI is InChI=1S/C16H16N2O5/c1-9(19)14(20)8-18-13-5-3-2-4-11(13)10(7-15(18)21)6-12(17)16(22)23/h2-5,7,12H,6,8,17H2,1H3,(H,22,23). The smallest absolute Gasteiger partial charge is 0.320 e. The Balaban J connectivity index is 2.58. The van der Waals surface area contributed by atoms with Gasteiger partial charge in [0.25, 0.3) is 5.56 Å². The van der Waals surface area contributed by atoms with Crippen LogP contribution in [0.1, 0.15) is 12.5 Å². The number of para-hydroxylation sites is 1. The number of benzene rings is 1. The molecule has 0 radical (unpaired) electrons. The number of nitrogens with two attached hydrogens (primary N) is 1. The van der Waals surface area contributed by atoms with Crippen LogP contribution in [0.15, 0.2) is 35.1 Å². The Morgan fingerprint density at radius 3 is 2.52 bits per heavy atom. The molecule has 1 aromatic heterocycles. The van der Waals surface area contributed by atoms with Crippen molar-refractivity contribution >= 4 is 28.4 Å². The first-order valence-corrected chi connectivity index (χ1v) is 6.95. The van der Waals surface area contributed by atoms with Gasteiger partial charge in [0.1, 0.15) is 6.04 Å². The highest BCUT2D eigenvalue weighted by atomic mass is 16.4. The lowest BCUT2D eigenvalue weighted by molar-refractivity contribution is -0.138. The topological polar surface area (TPSA) is 119 Å². The van der Waals surface area contributed by atoms with Crippen LogP contribution in [0, 0.1) is 0 Å². The predicted molar refractivity (Wildman–Crippen MR) is 83.2 cm³/mol. The minimum atomic E-state index is -1.16. The van der Waals surface area contributed by atoms with Crippen molar-refractivity contribution in [3.8, 4) is 0 Å². The molecule has 0 saturated carbocycles. The first kappa shape index (κ1) is 16.6. The molecule has 23 heavy (non-hydrogen) atoms. The van der Waals surface area contributed by atoms with Crippen LogP contribution < -0.4 is 11.3 Å². The summed E-state index contributed by atoms with van der Waals surface area (Å²) >= 11 is 0. The van der Waals surface area contributed by atoms with Crippen LogP contribution in [0.3, 0.4) is 0 Å². The van der Waals surface area contributed by atoms with E-state index in [9.17, 15) is 19.2 Å². The zero-order valence-corrected chi connectivity index (χ0v) is 12.5. The summed E-state index contributed by atoms with van der Waals surface area (Å²) < 4.78 is 1.20. The fourth-order valence-corrected chi connectivity index (χ4v) is 2.32. The zero-order chi connectivity index (χ0) is 17.1. The number of rotatable bonds is 6. The number of hydrogen-bond donors (Lipinski definition) is 2. The summed E-state index contributed by atoms with van der Waals surface area (Å²) in [4.78, 5) is 46.0. The van der Waals surface area contributed by atoms with Crippen LogP contribution in [0.4, 0.5) is 0 Å². The number of aliphatic carboxylic acids is 1. The summed E-state index contributed by atoms with van der Waals surface area (Å²) in [5, 5.41) is 9.55. The third-order valence-corrected chi connectivity index (χ3v) is 3.56. The molecule has 2 aromatic rings. The molecule has 0 aliphatic carbocycles. The molecule has 2 rings (SSSR count). The van der Waals surface area contributed by atoms with Gasteiger partial charge in [-0.25, -0.2) is 0 Å². The average Bonchev–Trinajstić information content (AvgIpc) is 2.50. The monoisotopic (exact) mass is 316 g/mol. The van der Waals surface area contributed by atoms with Gasteiger partial charge in [-0.1, -0.05) is 18.2 Å². The van der Waals surface area contributed by atoms with E-state index < -0.39 is 29.1 Å². The molecular weight excluding hydrogens is 300 g/mol. The zero-order valence-electron chi connectivity index (χ0n) is 12.5. The lowest BCUT2D eigenvalue weighted by Gasteiger charge is -2.14. The molecule has 1 aromatic carbocycles. The molecule has 0 bridgehead atoms. The van der Waals surface area contributed by atoms with E-state index in [0.717, 1.165) is 6.92 Å². The lowest BCUT2D eigenvalue weighted by atomic mass is 10.0. The van der Waals surface area contributed by atoms with Crippen molar-refractivity contribution in [2.45, 2.75) is 25.9 Å². The molecule has 0 aliphatic rings. The quantitative estimate of drug-likeness (QED) is 0.730. The Kier molecular flexibility index (Phi) is 4.71. The van der Waals surface area contributed by atoms with Gasteiger partial charge < -0.3 is 15.4 Å². The molecule has 0 amide bonds. The highest BCUT2D eigenvalue weighted by molar-refractivity contribution is 6.36. The van der Waals surface area contributed by atoms with Crippen LogP contribution >= 0.6 is 0 Å². The Bertz CT molecular complexity index is 853. The summed E-state index contributed by atoms with van der Waals surface area (Å²) in [6.45, 7) is 0.801. The largest absolute Gasteiger partial charge is 0.480 e. The van der Waals surface area contributed by atoms with Gasteiger partial charge in [0.15, 0.2) is 5.78 Å². The molecule has 7 nitrogen and oxygen atoms in total. The van der Waals surface area contributed by atoms with Gasteiger partial charge in [-0.2, -0.15) is 0 Å². The normalized spacial score (nSPS) is 12.1. The number of carbonyl (C=O) groups excluding carboxylic acids is 2. The van der Waals surface area contributed by atoms with E-state index in [-0.39, 0.29) is 13.0 Å². The number of carboxylic acid groups (broad SMARTS) is 1. The average molecular weight is 316 g/mol. The van der Waals surface area contributed by atoms with Gasteiger partial charge in [-0.05, 0) is 18.1 Å². The predicted octanol–water partition coefficient (Wildman–Crippen LogP) is 0.114. The summed E-state index contributed by atoms with van der Waals surface area (Å²) in [5.41, 5.74) is 6.01. The van der Waals surface area contributed by atoms with Gasteiger partial charge >= 0.3 is 5.97 Å². The number of carbonyl (C=O) groups is 3. The second-order valence-corrected chi connectivity index (χ2v) is 5.24. The molecule has 0 saturated heterocycles. The third kappa shape index (κ3) is 3.51. The Morgan fingerprint density at radius 1 is 1.26 bits per heavy atom. The molecule has 0 aliphatic heterocycles. The third-order valence-electron chi connectivity index (χ3n) is 3.56. The summed E-state index contributed by atoms with van der Waals surface area (Å²) in [6, 6.07) is 6.91. The summed E-state index contributed by atoms with van der Waals surface area (Å²) in [6.07, 6.45) is -0.00736. The van der Waals surface area contributed by atoms with Gasteiger partial charge in [0.05, 0.1) is 12.1 Å². The van der Waals surface area contributed by atoms with E-state index in [4.69, 9.17) is 10.8 Å². The van der Waals surface area contributed by atoms with E-state index in [1.54, 1.807) is 24.3 Å². The second kappa shape index (κ2) is 6.53. The number of fused-ring (bicyclic) bond motifs is 1. The molecule has 0 fully saturated rings. The van der Waals surface area contributed by atoms with Crippen LogP contribution in [-0.2, 0) is 27.3 Å². The number of carboxylic acids is 1. The van der Waals surface area contributed by atoms with Crippen LogP contribution in [0.2, 0.25) is 0 Å². The maximum atomic E-state index is 12.3. The molecule has 3 N–H and O–H groups in total. The van der Waals surface area contributed by atoms with E-state index in [1.165, 1.54) is 10.6 Å². The van der Waals surface area contributed by atoms with Gasteiger partial charge in [-0.15, -0.1) is 0 Å². The number of Topliss-reactive ketones (excluding diaryl/α,β-unsaturated/α-hetero) is 2. The molecule has 120 valence electrons. The molecule has 1 heterocycles. The van der Waals surface area contributed by atoms with Crippen LogP contribution in [-0.4, -0.2) is 33.3 Å². The highest BCUT2D eigenvalue weighted by Crippen LogP contribution is 2.18. The highest BCUT2D eigenvalue weighted by Gasteiger charge is 2.18. The maximum Gasteiger partial charge on any atom is 0.320 e. The van der Waals surface area contributed by atoms with Crippen molar-refractivity contribution in [2.75, 3.05) is 0 Å². The lowest BCUT2D eigenvalue weighted by Crippen LogP contribution is -2.33. The second-order valence-electron chi connectivity index (χ2n) is 5.24. The first-order chi connectivity index (χ1) is 10.8. The Hall–Kier alpha value is -2.80. The van der Waals surface area contributed by atoms with Crippen molar-refractivity contribution in [3.63, 3.8) is 0 Å². The number of pyridine rings is 1. The van der Waals surface area contributed by atoms with Crippen molar-refractivity contribution < 1.29 is 19.5 Å². The SMILES string of the molecule is CC(=O)C(=O)Cn1c(=O)cc(CC(N)C(=O)O)c2ccccc21. The number of nitrogens with zero attached hydrogens (tertiary/aromatic N) is 1. The fourth-order valence-electron chi connectivity index (χ4n) is 2.32. The molecular formula is C16H16N2O5. The Labute approximate surface area is 131 Å². The van der Waals surface area contributed by atoms with Gasteiger partial charge in [0, 0.05) is 18.4 Å². The van der Waals surface area contributed by atoms with Crippen LogP contribution in [0.5, 0.6) is 0 Å². The number of aromatic nitrogens is 1. The van der Waals surface area contributed by atoms with Crippen molar-refractivity contribution in [3.05, 3.63) is 46.2 Å². The minimum absolute atomic E-state index is 0.00736. The van der Waals surface area contributed by atoms with Crippen molar-refractivity contribution in [1.82, 2.24) is 4.57 Å². The Morgan fingerprint density at radius 2 is 1.91 bits per heavy atom. The van der Waals surface area contributed by atoms with Crippen LogP contribution in [0.25, 0.3) is 10.9 Å². The summed E-state index contributed by atoms with van der Waals surface area (Å²) in [5.74, 6) is -2.46. The van der Waals surface area contributed by atoms with Gasteiger partial charge in [-0.3, -0.25) is 19.2 Å². The molecule has 1 unspecified atom stereocenters. The van der Waals surface area contributed by atoms with Gasteiger partial charge in [0.2, 0.25) is 5.78 Å². The molecule has 0 spiro atoms. The van der Waals surface area contributed by atoms with E-state index in [0.29, 0.717) is 16.5 Å². The van der Waals surface area contributed by atoms with E-state index in [1.807, 2.05) is 0 Å². The molecule has 7 heteroatoms. The van der Waals surface area contributed by atoms with Crippen molar-refractivity contribution in [2.24, 2.45) is 5.73 Å². The van der Waals surface area contributed by atoms with Crippen molar-refractivity contribution in [1.29, 1.82) is 0 Å². The van der Waals surface area contributed by atoms with E-state index in [2.05, 4.69) is 0 Å². The van der Waals surface area contributed by atoms with E-state index >= 15 is 0 Å². The summed E-state index contributed by atoms with van der Waals surface area (Å²) in [7, 11) is 0. The minimum Gasteiger partial charge on any atom is -0.480 e.